The SMILES string of the molecule is CC(C)CN(CC(C)C)C(=O)C(=O)Nc1ccc(Cl)cc1Cl. The van der Waals surface area contributed by atoms with Gasteiger partial charge in [0.2, 0.25) is 0 Å². The average Bonchev–Trinajstić information content (AvgIpc) is 2.39. The smallest absolute Gasteiger partial charge is 0.313 e. The van der Waals surface area contributed by atoms with Gasteiger partial charge in [-0.05, 0) is 30.0 Å². The third-order valence-corrected chi connectivity index (χ3v) is 3.38. The predicted octanol–water partition coefficient (Wildman–Crippen LogP) is 4.07. The highest BCUT2D eigenvalue weighted by Crippen LogP contribution is 2.25. The lowest BCUT2D eigenvalue weighted by atomic mass is 10.1. The van der Waals surface area contributed by atoms with Gasteiger partial charge in [-0.25, -0.2) is 0 Å². The first kappa shape index (κ1) is 18.8. The van der Waals surface area contributed by atoms with E-state index >= 15 is 0 Å². The molecule has 122 valence electrons. The fraction of sp³-hybridized carbons (Fsp3) is 0.500. The van der Waals surface area contributed by atoms with Crippen molar-refractivity contribution in [1.29, 1.82) is 0 Å². The molecular formula is C16H22Cl2N2O2. The fourth-order valence-corrected chi connectivity index (χ4v) is 2.49. The molecule has 0 aliphatic rings. The van der Waals surface area contributed by atoms with E-state index in [0.29, 0.717) is 28.8 Å². The Hall–Kier alpha value is -1.26. The van der Waals surface area contributed by atoms with E-state index in [1.807, 2.05) is 27.7 Å². The summed E-state index contributed by atoms with van der Waals surface area (Å²) in [7, 11) is 0. The Balaban J connectivity index is 2.82. The maximum atomic E-state index is 12.3. The largest absolute Gasteiger partial charge is 0.334 e. The van der Waals surface area contributed by atoms with Crippen LogP contribution in [-0.2, 0) is 9.59 Å². The molecule has 1 aromatic carbocycles. The summed E-state index contributed by atoms with van der Waals surface area (Å²) in [5.41, 5.74) is 0.374. The van der Waals surface area contributed by atoms with Crippen LogP contribution in [0.4, 0.5) is 5.69 Å². The van der Waals surface area contributed by atoms with E-state index in [1.54, 1.807) is 17.0 Å². The van der Waals surface area contributed by atoms with Gasteiger partial charge in [-0.2, -0.15) is 0 Å². The second-order valence-electron chi connectivity index (χ2n) is 6.08. The Labute approximate surface area is 141 Å². The van der Waals surface area contributed by atoms with Crippen molar-refractivity contribution < 1.29 is 9.59 Å². The van der Waals surface area contributed by atoms with Crippen molar-refractivity contribution in [3.63, 3.8) is 0 Å². The number of carbonyl (C=O) groups excluding carboxylic acids is 2. The van der Waals surface area contributed by atoms with Crippen molar-refractivity contribution in [1.82, 2.24) is 4.90 Å². The van der Waals surface area contributed by atoms with Crippen molar-refractivity contribution in [2.75, 3.05) is 18.4 Å². The monoisotopic (exact) mass is 344 g/mol. The minimum atomic E-state index is -0.689. The van der Waals surface area contributed by atoms with Crippen molar-refractivity contribution in [3.8, 4) is 0 Å². The van der Waals surface area contributed by atoms with Crippen molar-refractivity contribution in [3.05, 3.63) is 28.2 Å². The highest BCUT2D eigenvalue weighted by atomic mass is 35.5. The van der Waals surface area contributed by atoms with Crippen LogP contribution >= 0.6 is 23.2 Å². The number of anilines is 1. The maximum absolute atomic E-state index is 12.3. The van der Waals surface area contributed by atoms with E-state index in [4.69, 9.17) is 23.2 Å². The summed E-state index contributed by atoms with van der Waals surface area (Å²) >= 11 is 11.8. The molecule has 1 rings (SSSR count). The lowest BCUT2D eigenvalue weighted by molar-refractivity contribution is -0.143. The van der Waals surface area contributed by atoms with Crippen LogP contribution in [0.25, 0.3) is 0 Å². The van der Waals surface area contributed by atoms with E-state index in [2.05, 4.69) is 5.32 Å². The van der Waals surface area contributed by atoms with Gasteiger partial charge in [0.05, 0.1) is 10.7 Å². The van der Waals surface area contributed by atoms with Crippen LogP contribution < -0.4 is 5.32 Å². The van der Waals surface area contributed by atoms with Crippen LogP contribution in [0.2, 0.25) is 10.0 Å². The summed E-state index contributed by atoms with van der Waals surface area (Å²) in [5, 5.41) is 3.31. The molecule has 0 saturated carbocycles. The molecule has 0 fully saturated rings. The molecule has 0 bridgehead atoms. The zero-order valence-corrected chi connectivity index (χ0v) is 14.8. The number of hydrogen-bond donors (Lipinski definition) is 1. The summed E-state index contributed by atoms with van der Waals surface area (Å²) in [6, 6.07) is 4.70. The van der Waals surface area contributed by atoms with Crippen LogP contribution in [0.15, 0.2) is 18.2 Å². The van der Waals surface area contributed by atoms with E-state index < -0.39 is 11.8 Å². The number of amides is 2. The first-order valence-electron chi connectivity index (χ1n) is 7.26. The molecule has 2 amide bonds. The number of halogens is 2. The summed E-state index contributed by atoms with van der Waals surface area (Å²) in [5.74, 6) is -0.664. The summed E-state index contributed by atoms with van der Waals surface area (Å²) in [6.07, 6.45) is 0. The van der Waals surface area contributed by atoms with Crippen LogP contribution in [-0.4, -0.2) is 29.8 Å². The van der Waals surface area contributed by atoms with E-state index in [9.17, 15) is 9.59 Å². The Kier molecular flexibility index (Phi) is 7.17. The van der Waals surface area contributed by atoms with Gasteiger partial charge >= 0.3 is 11.8 Å². The molecule has 0 aliphatic carbocycles. The predicted molar refractivity (Wildman–Crippen MR) is 91.3 cm³/mol. The Morgan fingerprint density at radius 3 is 2.09 bits per heavy atom. The number of benzene rings is 1. The topological polar surface area (TPSA) is 49.4 Å². The normalized spacial score (nSPS) is 10.9. The van der Waals surface area contributed by atoms with Crippen molar-refractivity contribution >= 4 is 40.7 Å². The zero-order chi connectivity index (χ0) is 16.9. The third kappa shape index (κ3) is 5.85. The average molecular weight is 345 g/mol. The minimum Gasteiger partial charge on any atom is -0.334 e. The molecule has 1 aromatic rings. The first-order chi connectivity index (χ1) is 10.2. The highest BCUT2D eigenvalue weighted by molar-refractivity contribution is 6.42. The Morgan fingerprint density at radius 2 is 1.64 bits per heavy atom. The number of nitrogens with zero attached hydrogens (tertiary/aromatic N) is 1. The van der Waals surface area contributed by atoms with Crippen LogP contribution in [0.1, 0.15) is 27.7 Å². The molecular weight excluding hydrogens is 323 g/mol. The molecule has 0 aromatic heterocycles. The molecule has 0 radical (unpaired) electrons. The van der Waals surface area contributed by atoms with Gasteiger partial charge in [0.25, 0.3) is 0 Å². The summed E-state index contributed by atoms with van der Waals surface area (Å²) < 4.78 is 0. The van der Waals surface area contributed by atoms with Gasteiger partial charge in [0.15, 0.2) is 0 Å². The van der Waals surface area contributed by atoms with Crippen molar-refractivity contribution in [2.45, 2.75) is 27.7 Å². The molecule has 0 atom stereocenters. The quantitative estimate of drug-likeness (QED) is 0.818. The third-order valence-electron chi connectivity index (χ3n) is 2.83. The molecule has 22 heavy (non-hydrogen) atoms. The Bertz CT molecular complexity index is 535. The maximum Gasteiger partial charge on any atom is 0.313 e. The summed E-state index contributed by atoms with van der Waals surface area (Å²) in [6.45, 7) is 9.11. The van der Waals surface area contributed by atoms with Crippen LogP contribution in [0, 0.1) is 11.8 Å². The molecule has 1 N–H and O–H groups in total. The van der Waals surface area contributed by atoms with Gasteiger partial charge in [0, 0.05) is 18.1 Å². The van der Waals surface area contributed by atoms with Gasteiger partial charge < -0.3 is 10.2 Å². The van der Waals surface area contributed by atoms with Gasteiger partial charge in [0.1, 0.15) is 0 Å². The first-order valence-corrected chi connectivity index (χ1v) is 8.01. The van der Waals surface area contributed by atoms with E-state index in [1.165, 1.54) is 6.07 Å². The standard InChI is InChI=1S/C16H22Cl2N2O2/c1-10(2)8-20(9-11(3)4)16(22)15(21)19-14-6-5-12(17)7-13(14)18/h5-7,10-11H,8-9H2,1-4H3,(H,19,21). The van der Waals surface area contributed by atoms with Crippen molar-refractivity contribution in [2.24, 2.45) is 11.8 Å². The lowest BCUT2D eigenvalue weighted by Crippen LogP contribution is -2.43. The fourth-order valence-electron chi connectivity index (χ4n) is 2.03. The zero-order valence-electron chi connectivity index (χ0n) is 13.3. The number of carbonyl (C=O) groups is 2. The van der Waals surface area contributed by atoms with Gasteiger partial charge in [-0.15, -0.1) is 0 Å². The number of nitrogens with one attached hydrogen (secondary N) is 1. The van der Waals surface area contributed by atoms with Gasteiger partial charge in [-0.1, -0.05) is 50.9 Å². The Morgan fingerprint density at radius 1 is 1.09 bits per heavy atom. The second kappa shape index (κ2) is 8.39. The molecule has 0 saturated heterocycles. The molecule has 0 aliphatic heterocycles. The molecule has 0 heterocycles. The number of hydrogen-bond acceptors (Lipinski definition) is 2. The van der Waals surface area contributed by atoms with E-state index in [-0.39, 0.29) is 11.8 Å². The number of rotatable bonds is 5. The van der Waals surface area contributed by atoms with Gasteiger partial charge in [-0.3, -0.25) is 9.59 Å². The molecule has 4 nitrogen and oxygen atoms in total. The molecule has 6 heteroatoms. The van der Waals surface area contributed by atoms with Crippen LogP contribution in [0.3, 0.4) is 0 Å². The van der Waals surface area contributed by atoms with Crippen LogP contribution in [0.5, 0.6) is 0 Å². The lowest BCUT2D eigenvalue weighted by Gasteiger charge is -2.25. The molecule has 0 spiro atoms. The molecule has 0 unspecified atom stereocenters. The summed E-state index contributed by atoms with van der Waals surface area (Å²) in [4.78, 5) is 26.1. The minimum absolute atomic E-state index is 0.287. The second-order valence-corrected chi connectivity index (χ2v) is 6.92. The van der Waals surface area contributed by atoms with E-state index in [0.717, 1.165) is 0 Å². The highest BCUT2D eigenvalue weighted by Gasteiger charge is 2.23.